The van der Waals surface area contributed by atoms with Crippen molar-refractivity contribution in [2.75, 3.05) is 0 Å². The number of aryl methyl sites for hydroxylation is 1. The van der Waals surface area contributed by atoms with Crippen LogP contribution in [-0.4, -0.2) is 9.78 Å². The van der Waals surface area contributed by atoms with Crippen LogP contribution in [0, 0.1) is 6.92 Å². The fourth-order valence-electron chi connectivity index (χ4n) is 1.39. The van der Waals surface area contributed by atoms with E-state index in [2.05, 4.69) is 5.10 Å². The van der Waals surface area contributed by atoms with Crippen molar-refractivity contribution in [2.24, 2.45) is 0 Å². The fourth-order valence-corrected chi connectivity index (χ4v) is 1.39. The lowest BCUT2D eigenvalue weighted by Crippen LogP contribution is -2.18. The van der Waals surface area contributed by atoms with Crippen LogP contribution in [0.15, 0.2) is 41.3 Å². The second-order valence-electron chi connectivity index (χ2n) is 3.33. The summed E-state index contributed by atoms with van der Waals surface area (Å²) in [5, 5.41) is 2.93. The smallest absolute Gasteiger partial charge is 0.269 e. The minimum atomic E-state index is 0.0499. The molecular formula is C11H12N2O. The highest BCUT2D eigenvalue weighted by Gasteiger charge is 2.00. The molecule has 1 aromatic carbocycles. The third kappa shape index (κ3) is 1.62. The van der Waals surface area contributed by atoms with Crippen molar-refractivity contribution in [3.63, 3.8) is 0 Å². The van der Waals surface area contributed by atoms with Crippen molar-refractivity contribution in [3.05, 3.63) is 58.0 Å². The maximum absolute atomic E-state index is 11.5. The van der Waals surface area contributed by atoms with Crippen molar-refractivity contribution in [3.8, 4) is 0 Å². The van der Waals surface area contributed by atoms with E-state index < -0.39 is 0 Å². The molecule has 0 aliphatic rings. The molecule has 2 rings (SSSR count). The van der Waals surface area contributed by atoms with E-state index in [1.807, 2.05) is 30.3 Å². The average molecular weight is 188 g/mol. The largest absolute Gasteiger partial charge is 0.302 e. The molecule has 0 radical (unpaired) electrons. The van der Waals surface area contributed by atoms with Crippen molar-refractivity contribution in [2.45, 2.75) is 13.5 Å². The van der Waals surface area contributed by atoms with Gasteiger partial charge in [0, 0.05) is 11.8 Å². The Morgan fingerprint density at radius 1 is 1.29 bits per heavy atom. The number of benzene rings is 1. The van der Waals surface area contributed by atoms with Crippen LogP contribution in [0.1, 0.15) is 11.1 Å². The van der Waals surface area contributed by atoms with Crippen LogP contribution in [-0.2, 0) is 6.54 Å². The standard InChI is InChI=1S/C11H12N2O/c1-9-7-12-13(11(9)14)8-10-5-3-2-4-6-10/h2-7,12H,8H2,1H3. The molecule has 0 aliphatic heterocycles. The van der Waals surface area contributed by atoms with E-state index in [9.17, 15) is 4.79 Å². The summed E-state index contributed by atoms with van der Waals surface area (Å²) in [4.78, 5) is 11.5. The normalized spacial score (nSPS) is 10.4. The molecule has 0 fully saturated rings. The zero-order valence-corrected chi connectivity index (χ0v) is 8.03. The first kappa shape index (κ1) is 8.81. The molecule has 0 bridgehead atoms. The van der Waals surface area contributed by atoms with E-state index in [1.165, 1.54) is 0 Å². The number of nitrogens with one attached hydrogen (secondary N) is 1. The second-order valence-corrected chi connectivity index (χ2v) is 3.33. The molecule has 0 saturated heterocycles. The second kappa shape index (κ2) is 3.54. The van der Waals surface area contributed by atoms with E-state index in [0.717, 1.165) is 11.1 Å². The van der Waals surface area contributed by atoms with Crippen LogP contribution in [0.2, 0.25) is 0 Å². The lowest BCUT2D eigenvalue weighted by Gasteiger charge is -2.00. The molecule has 0 spiro atoms. The first-order valence-electron chi connectivity index (χ1n) is 4.56. The van der Waals surface area contributed by atoms with Gasteiger partial charge in [0.15, 0.2) is 0 Å². The third-order valence-corrected chi connectivity index (χ3v) is 2.20. The van der Waals surface area contributed by atoms with Crippen LogP contribution < -0.4 is 5.56 Å². The van der Waals surface area contributed by atoms with Crippen LogP contribution in [0.5, 0.6) is 0 Å². The van der Waals surface area contributed by atoms with Gasteiger partial charge in [0.2, 0.25) is 0 Å². The summed E-state index contributed by atoms with van der Waals surface area (Å²) >= 11 is 0. The van der Waals surface area contributed by atoms with E-state index >= 15 is 0 Å². The number of aromatic nitrogens is 2. The Hall–Kier alpha value is -1.77. The molecule has 2 aromatic rings. The molecule has 0 saturated carbocycles. The van der Waals surface area contributed by atoms with Gasteiger partial charge in [0.1, 0.15) is 0 Å². The van der Waals surface area contributed by atoms with Gasteiger partial charge in [-0.25, -0.2) is 4.68 Å². The number of nitrogens with zero attached hydrogens (tertiary/aromatic N) is 1. The minimum absolute atomic E-state index is 0.0499. The zero-order chi connectivity index (χ0) is 9.97. The van der Waals surface area contributed by atoms with Crippen LogP contribution in [0.3, 0.4) is 0 Å². The molecule has 0 atom stereocenters. The summed E-state index contributed by atoms with van der Waals surface area (Å²) in [5.74, 6) is 0. The molecule has 1 heterocycles. The highest BCUT2D eigenvalue weighted by atomic mass is 16.1. The predicted octanol–water partition coefficient (Wildman–Crippen LogP) is 1.53. The number of hydrogen-bond acceptors (Lipinski definition) is 1. The van der Waals surface area contributed by atoms with Gasteiger partial charge in [0.25, 0.3) is 5.56 Å². The van der Waals surface area contributed by atoms with Crippen LogP contribution >= 0.6 is 0 Å². The van der Waals surface area contributed by atoms with E-state index in [0.29, 0.717) is 6.54 Å². The first-order chi connectivity index (χ1) is 6.77. The Bertz CT molecular complexity index is 468. The van der Waals surface area contributed by atoms with Crippen molar-refractivity contribution < 1.29 is 0 Å². The number of hydrogen-bond donors (Lipinski definition) is 1. The molecule has 1 aromatic heterocycles. The highest BCUT2D eigenvalue weighted by molar-refractivity contribution is 5.15. The van der Waals surface area contributed by atoms with Gasteiger partial charge in [-0.1, -0.05) is 30.3 Å². The zero-order valence-electron chi connectivity index (χ0n) is 8.03. The molecule has 0 amide bonds. The molecule has 14 heavy (non-hydrogen) atoms. The van der Waals surface area contributed by atoms with Crippen molar-refractivity contribution in [1.82, 2.24) is 9.78 Å². The first-order valence-corrected chi connectivity index (χ1v) is 4.56. The van der Waals surface area contributed by atoms with Gasteiger partial charge in [0.05, 0.1) is 6.54 Å². The van der Waals surface area contributed by atoms with Crippen molar-refractivity contribution in [1.29, 1.82) is 0 Å². The van der Waals surface area contributed by atoms with Gasteiger partial charge >= 0.3 is 0 Å². The molecule has 0 aliphatic carbocycles. The monoisotopic (exact) mass is 188 g/mol. The number of H-pyrrole nitrogens is 1. The molecule has 1 N–H and O–H groups in total. The van der Waals surface area contributed by atoms with Gasteiger partial charge in [-0.05, 0) is 12.5 Å². The third-order valence-electron chi connectivity index (χ3n) is 2.20. The quantitative estimate of drug-likeness (QED) is 0.762. The van der Waals surface area contributed by atoms with Crippen LogP contribution in [0.4, 0.5) is 0 Å². The summed E-state index contributed by atoms with van der Waals surface area (Å²) in [6.45, 7) is 2.41. The van der Waals surface area contributed by atoms with E-state index in [4.69, 9.17) is 0 Å². The van der Waals surface area contributed by atoms with Gasteiger partial charge in [-0.2, -0.15) is 0 Å². The minimum Gasteiger partial charge on any atom is -0.302 e. The summed E-state index contributed by atoms with van der Waals surface area (Å²) < 4.78 is 1.60. The maximum Gasteiger partial charge on any atom is 0.269 e. The lowest BCUT2D eigenvalue weighted by molar-refractivity contribution is 0.663. The Labute approximate surface area is 82.0 Å². The van der Waals surface area contributed by atoms with Crippen LogP contribution in [0.25, 0.3) is 0 Å². The van der Waals surface area contributed by atoms with Gasteiger partial charge in [-0.3, -0.25) is 4.79 Å². The summed E-state index contributed by atoms with van der Waals surface area (Å²) in [6.07, 6.45) is 1.73. The maximum atomic E-state index is 11.5. The van der Waals surface area contributed by atoms with Crippen molar-refractivity contribution >= 4 is 0 Å². The Morgan fingerprint density at radius 2 is 2.00 bits per heavy atom. The Kier molecular flexibility index (Phi) is 2.23. The molecule has 3 nitrogen and oxygen atoms in total. The summed E-state index contributed by atoms with van der Waals surface area (Å²) in [6, 6.07) is 9.91. The number of aromatic amines is 1. The fraction of sp³-hybridized carbons (Fsp3) is 0.182. The Morgan fingerprint density at radius 3 is 2.57 bits per heavy atom. The summed E-state index contributed by atoms with van der Waals surface area (Å²) in [7, 11) is 0. The van der Waals surface area contributed by atoms with E-state index in [-0.39, 0.29) is 5.56 Å². The topological polar surface area (TPSA) is 37.8 Å². The van der Waals surface area contributed by atoms with E-state index in [1.54, 1.807) is 17.8 Å². The summed E-state index contributed by atoms with van der Waals surface area (Å²) in [5.41, 5.74) is 1.92. The lowest BCUT2D eigenvalue weighted by atomic mass is 10.2. The Balaban J connectivity index is 2.28. The average Bonchev–Trinajstić information content (AvgIpc) is 2.52. The molecular weight excluding hydrogens is 176 g/mol. The van der Waals surface area contributed by atoms with Gasteiger partial charge in [-0.15, -0.1) is 0 Å². The SMILES string of the molecule is Cc1c[nH]n(Cc2ccccc2)c1=O. The predicted molar refractivity (Wildman–Crippen MR) is 55.3 cm³/mol. The molecule has 0 unspecified atom stereocenters. The number of rotatable bonds is 2. The molecule has 72 valence electrons. The van der Waals surface area contributed by atoms with Gasteiger partial charge < -0.3 is 5.10 Å². The highest BCUT2D eigenvalue weighted by Crippen LogP contribution is 1.99. The molecule has 3 heteroatoms.